The zero-order valence-corrected chi connectivity index (χ0v) is 11.5. The fourth-order valence-electron chi connectivity index (χ4n) is 2.16. The lowest BCUT2D eigenvalue weighted by molar-refractivity contribution is 0.471. The number of fused-ring (bicyclic) bond motifs is 1. The van der Waals surface area contributed by atoms with E-state index in [0.29, 0.717) is 12.4 Å². The van der Waals surface area contributed by atoms with Crippen molar-refractivity contribution < 1.29 is 5.11 Å². The van der Waals surface area contributed by atoms with Crippen molar-refractivity contribution in [3.63, 3.8) is 0 Å². The number of amidine groups is 1. The van der Waals surface area contributed by atoms with E-state index in [2.05, 4.69) is 15.3 Å². The molecule has 0 bridgehead atoms. The standard InChI is InChI=1S/C15H16N4O/c1-10-7-11(3-4-14(10)20)18-15-12-8-19(2)6-5-13(12)16-9-17-15/h3-8,20H,9H2,1-2H3,(H,17,18). The molecule has 3 rings (SSSR count). The Morgan fingerprint density at radius 1 is 1.30 bits per heavy atom. The fourth-order valence-corrected chi connectivity index (χ4v) is 2.16. The van der Waals surface area contributed by atoms with Gasteiger partial charge in [0.25, 0.3) is 0 Å². The quantitative estimate of drug-likeness (QED) is 0.768. The van der Waals surface area contributed by atoms with E-state index in [9.17, 15) is 5.11 Å². The highest BCUT2D eigenvalue weighted by molar-refractivity contribution is 6.31. The second-order valence-corrected chi connectivity index (χ2v) is 4.84. The highest BCUT2D eigenvalue weighted by atomic mass is 16.3. The third kappa shape index (κ3) is 2.30. The lowest BCUT2D eigenvalue weighted by Crippen LogP contribution is -2.27. The van der Waals surface area contributed by atoms with Crippen molar-refractivity contribution >= 4 is 17.2 Å². The minimum absolute atomic E-state index is 0.294. The summed E-state index contributed by atoms with van der Waals surface area (Å²) in [6.07, 6.45) is 5.95. The molecular formula is C15H16N4O. The van der Waals surface area contributed by atoms with E-state index in [0.717, 1.165) is 28.4 Å². The number of hydrogen-bond donors (Lipinski definition) is 2. The maximum Gasteiger partial charge on any atom is 0.138 e. The van der Waals surface area contributed by atoms with E-state index < -0.39 is 0 Å². The van der Waals surface area contributed by atoms with Gasteiger partial charge in [-0.25, -0.2) is 4.99 Å². The molecule has 0 fully saturated rings. The van der Waals surface area contributed by atoms with Crippen molar-refractivity contribution in [1.82, 2.24) is 4.90 Å². The minimum Gasteiger partial charge on any atom is -0.508 e. The number of anilines is 1. The number of phenolic OH excluding ortho intramolecular Hbond substituents is 1. The molecule has 2 N–H and O–H groups in total. The number of aryl methyl sites for hydroxylation is 1. The number of nitrogens with one attached hydrogen (secondary N) is 1. The van der Waals surface area contributed by atoms with Crippen molar-refractivity contribution in [2.75, 3.05) is 19.0 Å². The number of hydrogen-bond acceptors (Lipinski definition) is 5. The SMILES string of the molecule is Cc1cc(NC2=NCN=C3C=CN(C)C=C32)ccc1O. The van der Waals surface area contributed by atoms with Crippen molar-refractivity contribution in [3.05, 3.63) is 47.8 Å². The Labute approximate surface area is 117 Å². The topological polar surface area (TPSA) is 60.2 Å². The van der Waals surface area contributed by atoms with Gasteiger partial charge in [0.15, 0.2) is 0 Å². The molecule has 0 saturated heterocycles. The molecule has 5 nitrogen and oxygen atoms in total. The fraction of sp³-hybridized carbons (Fsp3) is 0.200. The first kappa shape index (κ1) is 12.5. The normalized spacial score (nSPS) is 17.1. The van der Waals surface area contributed by atoms with E-state index in [4.69, 9.17) is 0 Å². The molecule has 0 saturated carbocycles. The summed E-state index contributed by atoms with van der Waals surface area (Å²) in [7, 11) is 1.97. The Balaban J connectivity index is 1.87. The van der Waals surface area contributed by atoms with Crippen LogP contribution >= 0.6 is 0 Å². The number of aromatic hydroxyl groups is 1. The summed E-state index contributed by atoms with van der Waals surface area (Å²) >= 11 is 0. The van der Waals surface area contributed by atoms with Gasteiger partial charge in [0.05, 0.1) is 11.3 Å². The van der Waals surface area contributed by atoms with Crippen LogP contribution in [0.1, 0.15) is 5.56 Å². The van der Waals surface area contributed by atoms with Gasteiger partial charge in [0.1, 0.15) is 18.3 Å². The lowest BCUT2D eigenvalue weighted by Gasteiger charge is -2.23. The number of benzene rings is 1. The minimum atomic E-state index is 0.294. The van der Waals surface area contributed by atoms with Crippen LogP contribution in [0, 0.1) is 6.92 Å². The van der Waals surface area contributed by atoms with Crippen LogP contribution in [-0.2, 0) is 0 Å². The first-order valence-corrected chi connectivity index (χ1v) is 6.42. The summed E-state index contributed by atoms with van der Waals surface area (Å²) in [5.74, 6) is 1.10. The van der Waals surface area contributed by atoms with Gasteiger partial charge >= 0.3 is 0 Å². The van der Waals surface area contributed by atoms with E-state index in [1.807, 2.05) is 49.5 Å². The van der Waals surface area contributed by atoms with Crippen LogP contribution in [0.2, 0.25) is 0 Å². The maximum atomic E-state index is 9.57. The third-order valence-corrected chi connectivity index (χ3v) is 3.26. The molecule has 2 heterocycles. The Hall–Kier alpha value is -2.56. The van der Waals surface area contributed by atoms with Crippen molar-refractivity contribution in [2.24, 2.45) is 9.98 Å². The second kappa shape index (κ2) is 4.85. The molecule has 2 aliphatic rings. The van der Waals surface area contributed by atoms with Gasteiger partial charge < -0.3 is 15.3 Å². The Bertz CT molecular complexity index is 670. The zero-order chi connectivity index (χ0) is 14.1. The highest BCUT2D eigenvalue weighted by Gasteiger charge is 2.19. The summed E-state index contributed by atoms with van der Waals surface area (Å²) in [6.45, 7) is 2.30. The van der Waals surface area contributed by atoms with E-state index in [1.54, 1.807) is 6.07 Å². The van der Waals surface area contributed by atoms with Crippen molar-refractivity contribution in [2.45, 2.75) is 6.92 Å². The van der Waals surface area contributed by atoms with Gasteiger partial charge in [0.2, 0.25) is 0 Å². The molecule has 0 aliphatic carbocycles. The van der Waals surface area contributed by atoms with Crippen LogP contribution in [-0.4, -0.2) is 35.3 Å². The molecule has 5 heteroatoms. The molecule has 0 spiro atoms. The number of aliphatic imine (C=N–C) groups is 2. The van der Waals surface area contributed by atoms with Gasteiger partial charge in [-0.2, -0.15) is 0 Å². The summed E-state index contributed by atoms with van der Waals surface area (Å²) in [6, 6.07) is 5.41. The molecular weight excluding hydrogens is 252 g/mol. The molecule has 0 radical (unpaired) electrons. The van der Waals surface area contributed by atoms with Crippen LogP contribution < -0.4 is 5.32 Å². The molecule has 1 aromatic carbocycles. The van der Waals surface area contributed by atoms with E-state index in [-0.39, 0.29) is 0 Å². The van der Waals surface area contributed by atoms with Crippen LogP contribution in [0.3, 0.4) is 0 Å². The van der Waals surface area contributed by atoms with Crippen molar-refractivity contribution in [3.8, 4) is 5.75 Å². The smallest absolute Gasteiger partial charge is 0.138 e. The molecule has 0 atom stereocenters. The molecule has 0 unspecified atom stereocenters. The number of allylic oxidation sites excluding steroid dienone is 1. The number of phenols is 1. The number of nitrogens with zero attached hydrogens (tertiary/aromatic N) is 3. The summed E-state index contributed by atoms with van der Waals surface area (Å²) in [5, 5.41) is 12.9. The third-order valence-electron chi connectivity index (χ3n) is 3.26. The Morgan fingerprint density at radius 2 is 2.15 bits per heavy atom. The number of rotatable bonds is 1. The molecule has 2 aliphatic heterocycles. The first-order valence-electron chi connectivity index (χ1n) is 6.42. The van der Waals surface area contributed by atoms with Gasteiger partial charge in [-0.1, -0.05) is 0 Å². The van der Waals surface area contributed by atoms with E-state index in [1.165, 1.54) is 0 Å². The monoisotopic (exact) mass is 268 g/mol. The predicted octanol–water partition coefficient (Wildman–Crippen LogP) is 2.27. The highest BCUT2D eigenvalue weighted by Crippen LogP contribution is 2.22. The largest absolute Gasteiger partial charge is 0.508 e. The van der Waals surface area contributed by atoms with Crippen LogP contribution in [0.25, 0.3) is 0 Å². The molecule has 0 aromatic heterocycles. The molecule has 20 heavy (non-hydrogen) atoms. The van der Waals surface area contributed by atoms with Crippen LogP contribution in [0.4, 0.5) is 5.69 Å². The molecule has 102 valence electrons. The molecule has 0 amide bonds. The maximum absolute atomic E-state index is 9.57. The van der Waals surface area contributed by atoms with Gasteiger partial charge in [-0.3, -0.25) is 4.99 Å². The summed E-state index contributed by atoms with van der Waals surface area (Å²) in [5.41, 5.74) is 3.65. The zero-order valence-electron chi connectivity index (χ0n) is 11.5. The molecule has 1 aromatic rings. The second-order valence-electron chi connectivity index (χ2n) is 4.84. The summed E-state index contributed by atoms with van der Waals surface area (Å²) in [4.78, 5) is 10.8. The van der Waals surface area contributed by atoms with Crippen LogP contribution in [0.15, 0.2) is 52.2 Å². The Morgan fingerprint density at radius 3 is 2.95 bits per heavy atom. The first-order chi connectivity index (χ1) is 9.63. The Kier molecular flexibility index (Phi) is 3.02. The predicted molar refractivity (Wildman–Crippen MR) is 81.2 cm³/mol. The summed E-state index contributed by atoms with van der Waals surface area (Å²) < 4.78 is 0. The average molecular weight is 268 g/mol. The van der Waals surface area contributed by atoms with Crippen molar-refractivity contribution in [1.29, 1.82) is 0 Å². The van der Waals surface area contributed by atoms with Gasteiger partial charge in [0, 0.05) is 25.1 Å². The van der Waals surface area contributed by atoms with Gasteiger partial charge in [-0.15, -0.1) is 0 Å². The van der Waals surface area contributed by atoms with E-state index >= 15 is 0 Å². The average Bonchev–Trinajstić information content (AvgIpc) is 2.44. The lowest BCUT2D eigenvalue weighted by atomic mass is 10.1. The van der Waals surface area contributed by atoms with Crippen LogP contribution in [0.5, 0.6) is 5.75 Å². The van der Waals surface area contributed by atoms with Gasteiger partial charge in [-0.05, 0) is 36.8 Å².